The maximum Gasteiger partial charge on any atom is 0.124 e. The van der Waals surface area contributed by atoms with Crippen molar-refractivity contribution in [3.8, 4) is 11.5 Å². The van der Waals surface area contributed by atoms with Crippen molar-refractivity contribution in [2.24, 2.45) is 5.10 Å². The molecule has 0 atom stereocenters. The molecule has 0 spiro atoms. The molecule has 0 heterocycles. The summed E-state index contributed by atoms with van der Waals surface area (Å²) < 4.78 is 0. The zero-order valence-corrected chi connectivity index (χ0v) is 9.99. The van der Waals surface area contributed by atoms with Crippen molar-refractivity contribution in [1.82, 2.24) is 0 Å². The summed E-state index contributed by atoms with van der Waals surface area (Å²) in [7, 11) is 1.81. The van der Waals surface area contributed by atoms with Gasteiger partial charge in [0.05, 0.1) is 11.9 Å². The van der Waals surface area contributed by atoms with Gasteiger partial charge >= 0.3 is 0 Å². The fourth-order valence-electron chi connectivity index (χ4n) is 1.50. The maximum atomic E-state index is 9.60. The van der Waals surface area contributed by atoms with Crippen LogP contribution in [0.5, 0.6) is 11.5 Å². The van der Waals surface area contributed by atoms with Crippen LogP contribution in [0.25, 0.3) is 0 Å². The minimum Gasteiger partial charge on any atom is -0.508 e. The van der Waals surface area contributed by atoms with Crippen LogP contribution in [-0.4, -0.2) is 23.5 Å². The number of para-hydroxylation sites is 1. The molecule has 0 aliphatic rings. The number of phenolic OH excluding ortho intramolecular Hbond substituents is 2. The summed E-state index contributed by atoms with van der Waals surface area (Å²) in [6, 6.07) is 14.0. The zero-order valence-electron chi connectivity index (χ0n) is 9.99. The van der Waals surface area contributed by atoms with Gasteiger partial charge in [-0.25, -0.2) is 0 Å². The first-order valence-corrected chi connectivity index (χ1v) is 5.51. The third kappa shape index (κ3) is 2.79. The predicted octanol–water partition coefficient (Wildman–Crippen LogP) is 2.57. The second-order valence-corrected chi connectivity index (χ2v) is 3.85. The second kappa shape index (κ2) is 5.23. The van der Waals surface area contributed by atoms with E-state index in [1.165, 1.54) is 24.4 Å². The summed E-state index contributed by atoms with van der Waals surface area (Å²) >= 11 is 0. The van der Waals surface area contributed by atoms with E-state index >= 15 is 0 Å². The van der Waals surface area contributed by atoms with Gasteiger partial charge in [-0.05, 0) is 30.3 Å². The molecule has 0 radical (unpaired) electrons. The van der Waals surface area contributed by atoms with Gasteiger partial charge < -0.3 is 10.2 Å². The molecule has 0 aliphatic carbocycles. The average molecular weight is 242 g/mol. The van der Waals surface area contributed by atoms with E-state index in [1.807, 2.05) is 37.4 Å². The molecule has 92 valence electrons. The van der Waals surface area contributed by atoms with E-state index in [4.69, 9.17) is 0 Å². The van der Waals surface area contributed by atoms with E-state index in [0.717, 1.165) is 5.69 Å². The van der Waals surface area contributed by atoms with Crippen LogP contribution in [0.2, 0.25) is 0 Å². The molecule has 18 heavy (non-hydrogen) atoms. The molecule has 0 unspecified atom stereocenters. The van der Waals surface area contributed by atoms with Gasteiger partial charge in [-0.3, -0.25) is 5.01 Å². The highest BCUT2D eigenvalue weighted by Crippen LogP contribution is 2.20. The Kier molecular flexibility index (Phi) is 3.48. The van der Waals surface area contributed by atoms with Crippen LogP contribution in [0.1, 0.15) is 5.56 Å². The third-order valence-corrected chi connectivity index (χ3v) is 2.51. The first kappa shape index (κ1) is 12.0. The molecule has 0 fully saturated rings. The molecule has 0 aromatic heterocycles. The normalized spacial score (nSPS) is 10.7. The number of hydrogen-bond donors (Lipinski definition) is 2. The van der Waals surface area contributed by atoms with Crippen LogP contribution in [0.4, 0.5) is 5.69 Å². The van der Waals surface area contributed by atoms with Gasteiger partial charge in [0.15, 0.2) is 0 Å². The highest BCUT2D eigenvalue weighted by molar-refractivity contribution is 5.84. The van der Waals surface area contributed by atoms with Crippen molar-refractivity contribution in [2.75, 3.05) is 12.1 Å². The highest BCUT2D eigenvalue weighted by Gasteiger charge is 2.00. The Morgan fingerprint density at radius 1 is 1.06 bits per heavy atom. The Morgan fingerprint density at radius 2 is 1.78 bits per heavy atom. The SMILES string of the molecule is CN(N=Cc1cc(O)ccc1O)c1ccccc1. The van der Waals surface area contributed by atoms with Crippen LogP contribution < -0.4 is 5.01 Å². The van der Waals surface area contributed by atoms with Crippen LogP contribution in [0.3, 0.4) is 0 Å². The van der Waals surface area contributed by atoms with Crippen molar-refractivity contribution in [3.63, 3.8) is 0 Å². The fourth-order valence-corrected chi connectivity index (χ4v) is 1.50. The lowest BCUT2D eigenvalue weighted by atomic mass is 10.2. The van der Waals surface area contributed by atoms with Gasteiger partial charge in [0.2, 0.25) is 0 Å². The van der Waals surface area contributed by atoms with E-state index in [9.17, 15) is 10.2 Å². The maximum absolute atomic E-state index is 9.60. The number of hydrogen-bond acceptors (Lipinski definition) is 4. The largest absolute Gasteiger partial charge is 0.508 e. The van der Waals surface area contributed by atoms with E-state index in [0.29, 0.717) is 5.56 Å². The molecule has 0 amide bonds. The smallest absolute Gasteiger partial charge is 0.124 e. The lowest BCUT2D eigenvalue weighted by Crippen LogP contribution is -2.08. The molecule has 0 bridgehead atoms. The Morgan fingerprint density at radius 3 is 2.50 bits per heavy atom. The van der Waals surface area contributed by atoms with Crippen molar-refractivity contribution in [2.45, 2.75) is 0 Å². The zero-order chi connectivity index (χ0) is 13.0. The molecule has 4 nitrogen and oxygen atoms in total. The molecular weight excluding hydrogens is 228 g/mol. The lowest BCUT2D eigenvalue weighted by Gasteiger charge is -2.12. The molecule has 0 aliphatic heterocycles. The number of anilines is 1. The monoisotopic (exact) mass is 242 g/mol. The number of benzene rings is 2. The summed E-state index contributed by atoms with van der Waals surface area (Å²) in [5.74, 6) is 0.176. The van der Waals surface area contributed by atoms with E-state index in [2.05, 4.69) is 5.10 Å². The number of rotatable bonds is 3. The molecular formula is C14H14N2O2. The minimum atomic E-state index is 0.0815. The fraction of sp³-hybridized carbons (Fsp3) is 0.0714. The van der Waals surface area contributed by atoms with Gasteiger partial charge in [-0.15, -0.1) is 0 Å². The first-order valence-electron chi connectivity index (χ1n) is 5.51. The molecule has 2 aromatic carbocycles. The number of aromatic hydroxyl groups is 2. The Balaban J connectivity index is 2.18. The summed E-state index contributed by atoms with van der Waals surface area (Å²) in [6.45, 7) is 0. The van der Waals surface area contributed by atoms with Crippen molar-refractivity contribution in [3.05, 3.63) is 54.1 Å². The Labute approximate surface area is 105 Å². The van der Waals surface area contributed by atoms with Crippen LogP contribution in [0, 0.1) is 0 Å². The third-order valence-electron chi connectivity index (χ3n) is 2.51. The number of phenols is 2. The molecule has 2 N–H and O–H groups in total. The lowest BCUT2D eigenvalue weighted by molar-refractivity contribution is 0.459. The summed E-state index contributed by atoms with van der Waals surface area (Å²) in [5.41, 5.74) is 1.41. The van der Waals surface area contributed by atoms with Crippen molar-refractivity contribution >= 4 is 11.9 Å². The average Bonchev–Trinajstić information content (AvgIpc) is 2.40. The van der Waals surface area contributed by atoms with Gasteiger partial charge in [0.1, 0.15) is 11.5 Å². The number of hydrazone groups is 1. The van der Waals surface area contributed by atoms with E-state index in [-0.39, 0.29) is 11.5 Å². The van der Waals surface area contributed by atoms with Crippen LogP contribution in [0.15, 0.2) is 53.6 Å². The molecule has 0 saturated heterocycles. The quantitative estimate of drug-likeness (QED) is 0.494. The summed E-state index contributed by atoms with van der Waals surface area (Å²) in [6.07, 6.45) is 1.50. The molecule has 0 saturated carbocycles. The standard InChI is InChI=1S/C14H14N2O2/c1-16(12-5-3-2-4-6-12)15-10-11-9-13(17)7-8-14(11)18/h2-10,17-18H,1H3. The van der Waals surface area contributed by atoms with Crippen LogP contribution in [-0.2, 0) is 0 Å². The first-order chi connectivity index (χ1) is 8.66. The molecule has 2 rings (SSSR count). The van der Waals surface area contributed by atoms with Gasteiger partial charge in [-0.1, -0.05) is 18.2 Å². The van der Waals surface area contributed by atoms with E-state index < -0.39 is 0 Å². The topological polar surface area (TPSA) is 56.1 Å². The molecule has 4 heteroatoms. The summed E-state index contributed by atoms with van der Waals surface area (Å²) in [5, 5.41) is 24.8. The Bertz CT molecular complexity index is 553. The summed E-state index contributed by atoms with van der Waals surface area (Å²) in [4.78, 5) is 0. The number of nitrogens with zero attached hydrogens (tertiary/aromatic N) is 2. The Hall–Kier alpha value is -2.49. The van der Waals surface area contributed by atoms with E-state index in [1.54, 1.807) is 5.01 Å². The van der Waals surface area contributed by atoms with Crippen molar-refractivity contribution in [1.29, 1.82) is 0 Å². The highest BCUT2D eigenvalue weighted by atomic mass is 16.3. The van der Waals surface area contributed by atoms with Gasteiger partial charge in [0, 0.05) is 12.6 Å². The second-order valence-electron chi connectivity index (χ2n) is 3.85. The predicted molar refractivity (Wildman–Crippen MR) is 72.2 cm³/mol. The van der Waals surface area contributed by atoms with Gasteiger partial charge in [-0.2, -0.15) is 5.10 Å². The van der Waals surface area contributed by atoms with Gasteiger partial charge in [0.25, 0.3) is 0 Å². The molecule has 2 aromatic rings. The minimum absolute atomic E-state index is 0.0815. The van der Waals surface area contributed by atoms with Crippen molar-refractivity contribution < 1.29 is 10.2 Å². The van der Waals surface area contributed by atoms with Crippen LogP contribution >= 0.6 is 0 Å².